The van der Waals surface area contributed by atoms with Crippen molar-refractivity contribution in [3.63, 3.8) is 0 Å². The molecule has 0 aliphatic rings. The van der Waals surface area contributed by atoms with Crippen LogP contribution in [0.2, 0.25) is 5.02 Å². The molecule has 112 valence electrons. The van der Waals surface area contributed by atoms with Crippen molar-refractivity contribution < 1.29 is 4.74 Å². The lowest BCUT2D eigenvalue weighted by molar-refractivity contribution is 0.202. The number of nitrogens with one attached hydrogen (secondary N) is 1. The summed E-state index contributed by atoms with van der Waals surface area (Å²) in [5.74, 6) is 0.731. The van der Waals surface area contributed by atoms with Gasteiger partial charge in [-0.2, -0.15) is 0 Å². The summed E-state index contributed by atoms with van der Waals surface area (Å²) < 4.78 is 6.14. The van der Waals surface area contributed by atoms with Crippen molar-refractivity contribution in [2.24, 2.45) is 0 Å². The van der Waals surface area contributed by atoms with Crippen molar-refractivity contribution in [2.75, 3.05) is 13.1 Å². The number of aryl methyl sites for hydroxylation is 1. The number of rotatable bonds is 7. The molecule has 0 saturated carbocycles. The highest BCUT2D eigenvalue weighted by molar-refractivity contribution is 6.32. The van der Waals surface area contributed by atoms with Gasteiger partial charge in [-0.15, -0.1) is 0 Å². The Hall–Kier alpha value is -1.51. The third kappa shape index (κ3) is 4.76. The van der Waals surface area contributed by atoms with Gasteiger partial charge in [-0.3, -0.25) is 0 Å². The minimum Gasteiger partial charge on any atom is -0.483 e. The molecule has 0 fully saturated rings. The van der Waals surface area contributed by atoms with Gasteiger partial charge in [0.2, 0.25) is 0 Å². The molecule has 0 aliphatic carbocycles. The van der Waals surface area contributed by atoms with Gasteiger partial charge in [-0.25, -0.2) is 0 Å². The summed E-state index contributed by atoms with van der Waals surface area (Å²) in [6, 6.07) is 16.1. The van der Waals surface area contributed by atoms with E-state index in [0.29, 0.717) is 5.02 Å². The Kier molecular flexibility index (Phi) is 6.09. The predicted octanol–water partition coefficient (Wildman–Crippen LogP) is 4.77. The lowest BCUT2D eigenvalue weighted by atomic mass is 10.1. The Balaban J connectivity index is 2.15. The van der Waals surface area contributed by atoms with Crippen molar-refractivity contribution in [2.45, 2.75) is 26.4 Å². The number of hydrogen-bond acceptors (Lipinski definition) is 2. The van der Waals surface area contributed by atoms with Gasteiger partial charge in [0.25, 0.3) is 0 Å². The highest BCUT2D eigenvalue weighted by Gasteiger charge is 2.14. The average Bonchev–Trinajstić information content (AvgIpc) is 2.49. The molecule has 1 unspecified atom stereocenters. The van der Waals surface area contributed by atoms with Gasteiger partial charge in [-0.05, 0) is 43.1 Å². The van der Waals surface area contributed by atoms with Crippen LogP contribution >= 0.6 is 11.6 Å². The second-order valence-electron chi connectivity index (χ2n) is 5.16. The minimum absolute atomic E-state index is 0.0436. The maximum atomic E-state index is 6.28. The fourth-order valence-electron chi connectivity index (χ4n) is 2.16. The first kappa shape index (κ1) is 15.9. The van der Waals surface area contributed by atoms with Crippen LogP contribution in [-0.4, -0.2) is 13.1 Å². The van der Waals surface area contributed by atoms with Gasteiger partial charge >= 0.3 is 0 Å². The maximum Gasteiger partial charge on any atom is 0.138 e. The zero-order chi connectivity index (χ0) is 15.1. The summed E-state index contributed by atoms with van der Waals surface area (Å²) in [6.45, 7) is 5.92. The van der Waals surface area contributed by atoms with Gasteiger partial charge < -0.3 is 10.1 Å². The first-order chi connectivity index (χ1) is 10.2. The Morgan fingerprint density at radius 1 is 1.14 bits per heavy atom. The van der Waals surface area contributed by atoms with Crippen LogP contribution in [0.15, 0.2) is 48.5 Å². The summed E-state index contributed by atoms with van der Waals surface area (Å²) >= 11 is 6.28. The highest BCUT2D eigenvalue weighted by Crippen LogP contribution is 2.29. The standard InChI is InChI=1S/C18H22ClNO/c1-3-11-20-13-18(15-7-5-4-6-8-15)21-17-10-9-14(2)12-16(17)19/h4-10,12,18,20H,3,11,13H2,1-2H3. The summed E-state index contributed by atoms with van der Waals surface area (Å²) in [6.07, 6.45) is 1.06. The number of halogens is 1. The van der Waals surface area contributed by atoms with E-state index in [0.717, 1.165) is 36.4 Å². The van der Waals surface area contributed by atoms with Crippen molar-refractivity contribution in [1.82, 2.24) is 5.32 Å². The topological polar surface area (TPSA) is 21.3 Å². The highest BCUT2D eigenvalue weighted by atomic mass is 35.5. The van der Waals surface area contributed by atoms with E-state index in [4.69, 9.17) is 16.3 Å². The summed E-state index contributed by atoms with van der Waals surface area (Å²) in [5.41, 5.74) is 2.28. The fourth-order valence-corrected chi connectivity index (χ4v) is 2.44. The lowest BCUT2D eigenvalue weighted by Gasteiger charge is -2.21. The van der Waals surface area contributed by atoms with Crippen LogP contribution in [-0.2, 0) is 0 Å². The molecule has 0 saturated heterocycles. The first-order valence-corrected chi connectivity index (χ1v) is 7.77. The minimum atomic E-state index is -0.0436. The summed E-state index contributed by atoms with van der Waals surface area (Å²) in [7, 11) is 0. The first-order valence-electron chi connectivity index (χ1n) is 7.39. The second-order valence-corrected chi connectivity index (χ2v) is 5.56. The molecule has 0 amide bonds. The third-order valence-electron chi connectivity index (χ3n) is 3.28. The van der Waals surface area contributed by atoms with Gasteiger partial charge in [0.1, 0.15) is 11.9 Å². The van der Waals surface area contributed by atoms with Crippen LogP contribution in [0, 0.1) is 6.92 Å². The largest absolute Gasteiger partial charge is 0.483 e. The fraction of sp³-hybridized carbons (Fsp3) is 0.333. The molecule has 2 aromatic carbocycles. The SMILES string of the molecule is CCCNCC(Oc1ccc(C)cc1Cl)c1ccccc1. The number of hydrogen-bond donors (Lipinski definition) is 1. The van der Waals surface area contributed by atoms with E-state index < -0.39 is 0 Å². The lowest BCUT2D eigenvalue weighted by Crippen LogP contribution is -2.25. The molecule has 0 aromatic heterocycles. The molecule has 0 spiro atoms. The van der Waals surface area contributed by atoms with Crippen LogP contribution in [0.4, 0.5) is 0 Å². The molecule has 0 aliphatic heterocycles. The molecule has 3 heteroatoms. The second kappa shape index (κ2) is 8.06. The van der Waals surface area contributed by atoms with Gasteiger partial charge in [-0.1, -0.05) is 54.9 Å². The Labute approximate surface area is 132 Å². The monoisotopic (exact) mass is 303 g/mol. The van der Waals surface area contributed by atoms with Crippen LogP contribution in [0.1, 0.15) is 30.6 Å². The van der Waals surface area contributed by atoms with E-state index in [1.165, 1.54) is 0 Å². The quantitative estimate of drug-likeness (QED) is 0.744. The molecule has 2 rings (SSSR count). The molecule has 0 bridgehead atoms. The Morgan fingerprint density at radius 3 is 2.57 bits per heavy atom. The molecular formula is C18H22ClNO. The van der Waals surface area contributed by atoms with E-state index in [1.54, 1.807) is 0 Å². The van der Waals surface area contributed by atoms with Crippen LogP contribution in [0.25, 0.3) is 0 Å². The average molecular weight is 304 g/mol. The molecule has 2 nitrogen and oxygen atoms in total. The van der Waals surface area contributed by atoms with E-state index >= 15 is 0 Å². The van der Waals surface area contributed by atoms with Gasteiger partial charge in [0.05, 0.1) is 5.02 Å². The van der Waals surface area contributed by atoms with Crippen molar-refractivity contribution in [3.05, 3.63) is 64.7 Å². The molecule has 1 atom stereocenters. The number of ether oxygens (including phenoxy) is 1. The summed E-state index contributed by atoms with van der Waals surface area (Å²) in [4.78, 5) is 0. The molecule has 0 heterocycles. The smallest absolute Gasteiger partial charge is 0.138 e. The molecular weight excluding hydrogens is 282 g/mol. The Morgan fingerprint density at radius 2 is 1.90 bits per heavy atom. The molecule has 21 heavy (non-hydrogen) atoms. The van der Waals surface area contributed by atoms with Crippen molar-refractivity contribution >= 4 is 11.6 Å². The zero-order valence-electron chi connectivity index (χ0n) is 12.6. The van der Waals surface area contributed by atoms with Crippen LogP contribution < -0.4 is 10.1 Å². The van der Waals surface area contributed by atoms with E-state index in [1.807, 2.05) is 43.3 Å². The van der Waals surface area contributed by atoms with Crippen LogP contribution in [0.5, 0.6) is 5.75 Å². The number of benzene rings is 2. The van der Waals surface area contributed by atoms with E-state index in [-0.39, 0.29) is 6.10 Å². The predicted molar refractivity (Wildman–Crippen MR) is 89.2 cm³/mol. The third-order valence-corrected chi connectivity index (χ3v) is 3.58. The van der Waals surface area contributed by atoms with E-state index in [2.05, 4.69) is 24.4 Å². The molecule has 0 radical (unpaired) electrons. The van der Waals surface area contributed by atoms with E-state index in [9.17, 15) is 0 Å². The maximum absolute atomic E-state index is 6.28. The molecule has 1 N–H and O–H groups in total. The Bertz CT molecular complexity index is 556. The normalized spacial score (nSPS) is 12.1. The van der Waals surface area contributed by atoms with Crippen molar-refractivity contribution in [3.8, 4) is 5.75 Å². The van der Waals surface area contributed by atoms with Crippen molar-refractivity contribution in [1.29, 1.82) is 0 Å². The van der Waals surface area contributed by atoms with Gasteiger partial charge in [0.15, 0.2) is 0 Å². The van der Waals surface area contributed by atoms with Crippen LogP contribution in [0.3, 0.4) is 0 Å². The van der Waals surface area contributed by atoms with Gasteiger partial charge in [0, 0.05) is 6.54 Å². The zero-order valence-corrected chi connectivity index (χ0v) is 13.4. The molecule has 2 aromatic rings. The summed E-state index contributed by atoms with van der Waals surface area (Å²) in [5, 5.41) is 4.08.